The van der Waals surface area contributed by atoms with Crippen LogP contribution in [-0.2, 0) is 14.1 Å². The molecule has 330 valence electrons. The van der Waals surface area contributed by atoms with Gasteiger partial charge in [0.2, 0.25) is 5.91 Å². The minimum Gasteiger partial charge on any atom is -0.462 e. The van der Waals surface area contributed by atoms with Crippen molar-refractivity contribution in [2.24, 2.45) is 0 Å². The van der Waals surface area contributed by atoms with Crippen molar-refractivity contribution in [1.82, 2.24) is 39.2 Å². The van der Waals surface area contributed by atoms with Crippen molar-refractivity contribution in [1.29, 1.82) is 0 Å². The maximum Gasteiger partial charge on any atom is 0.616 e. The van der Waals surface area contributed by atoms with Crippen molar-refractivity contribution in [2.75, 3.05) is 44.2 Å². The van der Waals surface area contributed by atoms with Gasteiger partial charge in [-0.25, -0.2) is 4.39 Å². The lowest BCUT2D eigenvalue weighted by Gasteiger charge is -2.44. The summed E-state index contributed by atoms with van der Waals surface area (Å²) in [6, 6.07) is 13.0. The van der Waals surface area contributed by atoms with Crippen molar-refractivity contribution < 1.29 is 28.0 Å². The first-order valence-corrected chi connectivity index (χ1v) is 21.6. The summed E-state index contributed by atoms with van der Waals surface area (Å²) in [5.74, 6) is -0.718. The molecule has 2 fully saturated rings. The van der Waals surface area contributed by atoms with Crippen LogP contribution < -0.4 is 9.64 Å². The minimum atomic E-state index is -0.639. The van der Waals surface area contributed by atoms with Crippen molar-refractivity contribution in [3.05, 3.63) is 96.6 Å². The lowest BCUT2D eigenvalue weighted by Crippen LogP contribution is -2.58. The molecule has 1 unspecified atom stereocenters. The molecule has 3 atom stereocenters. The summed E-state index contributed by atoms with van der Waals surface area (Å²) < 4.78 is 37.7. The number of para-hydroxylation sites is 1. The number of halogens is 2. The first-order valence-electron chi connectivity index (χ1n) is 21.3. The SMILES string of the molecule is C=CC(=O)N1[C@H](C)CN(c2nc(OCCN(CC)CC)nc3c(F)c(-c4c(C)ccc5c4cnn5C(=O)C=C)c(Cl)cc23)C[C@@H]1C.CC1OB(n2ncc3ccccc32)OC1(C)C. The largest absolute Gasteiger partial charge is 0.616 e. The van der Waals surface area contributed by atoms with Gasteiger partial charge in [-0.3, -0.25) is 14.2 Å². The van der Waals surface area contributed by atoms with Crippen LogP contribution >= 0.6 is 11.6 Å². The molecule has 0 saturated carbocycles. The average Bonchev–Trinajstić information content (AvgIpc) is 3.97. The fourth-order valence-corrected chi connectivity index (χ4v) is 8.62. The smallest absolute Gasteiger partial charge is 0.462 e. The van der Waals surface area contributed by atoms with Crippen LogP contribution in [0.3, 0.4) is 0 Å². The number of rotatable bonds is 11. The van der Waals surface area contributed by atoms with Crippen molar-refractivity contribution in [3.63, 3.8) is 0 Å². The maximum absolute atomic E-state index is 17.0. The highest BCUT2D eigenvalue weighted by Crippen LogP contribution is 2.43. The molecular formula is C46H54BClFN9O5. The standard InChI is InChI=1S/C34H39ClFN7O3.C12H15BN2O2/c1-8-27(44)42-21(6)18-41(19-22(42)7)33-23-16-25(35)30(29-20(5)12-13-26-24(29)17-37-43(26)28(45)9-2)31(36)32(23)38-34(39-33)46-15-14-40(10-3)11-4;1-9-12(2,3)17-13(16-9)15-11-7-5-4-6-10(11)8-14-15/h8-9,12-13,16-17,21-22H,1-2,10-11,14-15,18-19H2,3-7H3;4-9H,1-3H3/t21-,22+;. The fraction of sp³-hybridized carbons (Fsp3) is 0.391. The van der Waals surface area contributed by atoms with Gasteiger partial charge in [0.1, 0.15) is 17.9 Å². The third-order valence-electron chi connectivity index (χ3n) is 12.0. The number of benzene rings is 3. The van der Waals surface area contributed by atoms with E-state index in [1.807, 2.05) is 76.9 Å². The third kappa shape index (κ3) is 8.81. The Morgan fingerprint density at radius 1 is 0.968 bits per heavy atom. The number of allylic oxidation sites excluding steroid dienone is 1. The van der Waals surface area contributed by atoms with Crippen molar-refractivity contribution in [3.8, 4) is 17.1 Å². The van der Waals surface area contributed by atoms with Gasteiger partial charge < -0.3 is 28.7 Å². The second-order valence-electron chi connectivity index (χ2n) is 16.4. The molecule has 8 rings (SSSR count). The summed E-state index contributed by atoms with van der Waals surface area (Å²) in [5, 5.41) is 10.8. The Hall–Kier alpha value is -5.68. The molecule has 1 amide bonds. The Morgan fingerprint density at radius 3 is 2.32 bits per heavy atom. The molecule has 0 bridgehead atoms. The van der Waals surface area contributed by atoms with Crippen LogP contribution in [0.1, 0.15) is 58.8 Å². The zero-order chi connectivity index (χ0) is 45.3. The molecule has 0 N–H and O–H groups in total. The highest BCUT2D eigenvalue weighted by Gasteiger charge is 2.46. The number of piperazine rings is 1. The van der Waals surface area contributed by atoms with Gasteiger partial charge in [0, 0.05) is 59.0 Å². The van der Waals surface area contributed by atoms with Crippen LogP contribution in [0.2, 0.25) is 5.02 Å². The number of carbonyl (C=O) groups is 2. The maximum atomic E-state index is 17.0. The van der Waals surface area contributed by atoms with Gasteiger partial charge in [-0.05, 0) is 90.5 Å². The van der Waals surface area contributed by atoms with Crippen molar-refractivity contribution >= 4 is 69.2 Å². The van der Waals surface area contributed by atoms with Gasteiger partial charge in [0.15, 0.2) is 5.82 Å². The topological polar surface area (TPSA) is 133 Å². The van der Waals surface area contributed by atoms with Crippen LogP contribution in [0.4, 0.5) is 10.2 Å². The van der Waals surface area contributed by atoms with Gasteiger partial charge in [-0.1, -0.05) is 62.9 Å². The van der Waals surface area contributed by atoms with E-state index in [0.717, 1.165) is 29.6 Å². The van der Waals surface area contributed by atoms with Gasteiger partial charge in [0.05, 0.1) is 40.2 Å². The fourth-order valence-electron chi connectivity index (χ4n) is 8.33. The van der Waals surface area contributed by atoms with Crippen LogP contribution in [0.5, 0.6) is 6.01 Å². The molecule has 6 aromatic rings. The van der Waals surface area contributed by atoms with E-state index in [2.05, 4.69) is 47.1 Å². The van der Waals surface area contributed by atoms with E-state index < -0.39 is 19.0 Å². The average molecular weight is 878 g/mol. The Bertz CT molecular complexity index is 2690. The molecule has 2 aliphatic rings. The highest BCUT2D eigenvalue weighted by molar-refractivity contribution is 6.44. The molecule has 0 radical (unpaired) electrons. The number of aromatic nitrogens is 6. The zero-order valence-corrected chi connectivity index (χ0v) is 37.9. The van der Waals surface area contributed by atoms with Gasteiger partial charge >= 0.3 is 13.3 Å². The number of hydrogen-bond acceptors (Lipinski definition) is 11. The van der Waals surface area contributed by atoms with E-state index in [4.69, 9.17) is 30.6 Å². The molecule has 17 heteroatoms. The van der Waals surface area contributed by atoms with E-state index in [1.165, 1.54) is 23.0 Å². The van der Waals surface area contributed by atoms with E-state index in [0.29, 0.717) is 53.9 Å². The molecular weight excluding hydrogens is 824 g/mol. The number of ether oxygens (including phenoxy) is 1. The number of carbonyl (C=O) groups excluding carboxylic acids is 2. The summed E-state index contributed by atoms with van der Waals surface area (Å²) in [6.45, 7) is 26.8. The second kappa shape index (κ2) is 18.6. The first kappa shape index (κ1) is 45.4. The predicted octanol–water partition coefficient (Wildman–Crippen LogP) is 7.99. The molecule has 3 aromatic heterocycles. The number of anilines is 1. The molecule has 2 saturated heterocycles. The number of aryl methyl sites for hydroxylation is 1. The summed E-state index contributed by atoms with van der Waals surface area (Å²) >= 11 is 6.93. The van der Waals surface area contributed by atoms with Crippen molar-refractivity contribution in [2.45, 2.75) is 79.2 Å². The highest BCUT2D eigenvalue weighted by atomic mass is 35.5. The molecule has 2 aliphatic heterocycles. The molecule has 14 nitrogen and oxygen atoms in total. The normalized spacial score (nSPS) is 18.6. The third-order valence-corrected chi connectivity index (χ3v) is 12.3. The van der Waals surface area contributed by atoms with Gasteiger partial charge in [0.25, 0.3) is 5.91 Å². The monoisotopic (exact) mass is 877 g/mol. The first-order chi connectivity index (χ1) is 30.1. The minimum absolute atomic E-state index is 0.0473. The Morgan fingerprint density at radius 2 is 1.67 bits per heavy atom. The molecule has 3 aromatic carbocycles. The summed E-state index contributed by atoms with van der Waals surface area (Å²) in [4.78, 5) is 40.4. The zero-order valence-electron chi connectivity index (χ0n) is 37.1. The molecule has 5 heterocycles. The predicted molar refractivity (Wildman–Crippen MR) is 247 cm³/mol. The van der Waals surface area contributed by atoms with Crippen LogP contribution in [0.25, 0.3) is 43.8 Å². The van der Waals surface area contributed by atoms with E-state index in [9.17, 15) is 9.59 Å². The summed E-state index contributed by atoms with van der Waals surface area (Å²) in [7, 11) is -0.431. The number of fused-ring (bicyclic) bond motifs is 3. The Balaban J connectivity index is 0.000000289. The quantitative estimate of drug-likeness (QED) is 0.0927. The lowest BCUT2D eigenvalue weighted by atomic mass is 9.95. The van der Waals surface area contributed by atoms with Gasteiger partial charge in [-0.15, -0.1) is 0 Å². The number of nitrogens with zero attached hydrogens (tertiary/aromatic N) is 9. The van der Waals surface area contributed by atoms with E-state index in [1.54, 1.807) is 27.7 Å². The summed E-state index contributed by atoms with van der Waals surface area (Å²) in [5.41, 5.74) is 2.70. The van der Waals surface area contributed by atoms with Crippen LogP contribution in [0, 0.1) is 12.7 Å². The molecule has 0 aliphatic carbocycles. The van der Waals surface area contributed by atoms with E-state index >= 15 is 4.39 Å². The van der Waals surface area contributed by atoms with Crippen LogP contribution in [-0.4, -0.2) is 121 Å². The number of amides is 1. The molecule has 0 spiro atoms. The van der Waals surface area contributed by atoms with E-state index in [-0.39, 0.29) is 51.8 Å². The second-order valence-corrected chi connectivity index (χ2v) is 16.9. The number of likely N-dealkylation sites (N-methyl/N-ethyl adjacent to an activating group) is 1. The van der Waals surface area contributed by atoms with Gasteiger partial charge in [-0.2, -0.15) is 24.8 Å². The Kier molecular flexibility index (Phi) is 13.4. The summed E-state index contributed by atoms with van der Waals surface area (Å²) in [6.07, 6.45) is 5.90. The molecule has 63 heavy (non-hydrogen) atoms. The van der Waals surface area contributed by atoms with Crippen LogP contribution in [0.15, 0.2) is 80.2 Å². The number of hydrogen-bond donors (Lipinski definition) is 0. The Labute approximate surface area is 372 Å². The lowest BCUT2D eigenvalue weighted by molar-refractivity contribution is -0.130.